The molecule has 1 aliphatic carbocycles. The molecule has 0 N–H and O–H groups in total. The average molecular weight is 207 g/mol. The van der Waals surface area contributed by atoms with Crippen LogP contribution < -0.4 is 0 Å². The summed E-state index contributed by atoms with van der Waals surface area (Å²) in [6, 6.07) is 0. The first-order chi connectivity index (χ1) is 5.56. The molecule has 0 saturated carbocycles. The minimum Gasteiger partial charge on any atom is -0.283 e. The third-order valence-corrected chi connectivity index (χ3v) is 5.89. The van der Waals surface area contributed by atoms with Crippen LogP contribution in [0.1, 0.15) is 13.3 Å². The number of hydrogen-bond acceptors (Lipinski definition) is 1. The van der Waals surface area contributed by atoms with Crippen LogP contribution in [0, 0.1) is 0 Å². The first-order valence-corrected chi connectivity index (χ1v) is 6.97. The van der Waals surface area contributed by atoms with E-state index in [0.717, 1.165) is 6.42 Å². The topological polar surface area (TPSA) is 17.1 Å². The lowest BCUT2D eigenvalue weighted by Gasteiger charge is -2.25. The number of hydrogen-bond donors (Lipinski definition) is 1. The summed E-state index contributed by atoms with van der Waals surface area (Å²) in [5.74, 6) is 0. The zero-order valence-electron chi connectivity index (χ0n) is 7.46. The molecule has 0 fully saturated rings. The molecule has 0 heterocycles. The Hall–Kier alpha value is -0.0800. The molecule has 70 valence electrons. The lowest BCUT2D eigenvalue weighted by Crippen LogP contribution is -2.27. The SMILES string of the molecule is CC1=CCC([SH](C)(=O)CCl)C=C1. The third kappa shape index (κ3) is 2.20. The van der Waals surface area contributed by atoms with Gasteiger partial charge in [0.05, 0.1) is 5.21 Å². The van der Waals surface area contributed by atoms with Crippen molar-refractivity contribution in [3.63, 3.8) is 0 Å². The van der Waals surface area contributed by atoms with Crippen molar-refractivity contribution < 1.29 is 4.21 Å². The van der Waals surface area contributed by atoms with Crippen LogP contribution in [0.3, 0.4) is 0 Å². The van der Waals surface area contributed by atoms with E-state index in [4.69, 9.17) is 11.6 Å². The second kappa shape index (κ2) is 3.75. The normalized spacial score (nSPS) is 25.2. The molecule has 3 heteroatoms. The first-order valence-electron chi connectivity index (χ1n) is 4.03. The molecule has 0 amide bonds. The predicted octanol–water partition coefficient (Wildman–Crippen LogP) is 2.10. The van der Waals surface area contributed by atoms with E-state index >= 15 is 0 Å². The van der Waals surface area contributed by atoms with Gasteiger partial charge in [-0.1, -0.05) is 33.7 Å². The maximum Gasteiger partial charge on any atom is 0.0761 e. The summed E-state index contributed by atoms with van der Waals surface area (Å²) in [6.07, 6.45) is 8.83. The summed E-state index contributed by atoms with van der Waals surface area (Å²) in [6.45, 7) is 2.05. The monoisotopic (exact) mass is 206 g/mol. The van der Waals surface area contributed by atoms with Crippen molar-refractivity contribution in [2.24, 2.45) is 0 Å². The Kier molecular flexibility index (Phi) is 3.13. The molecule has 0 aromatic rings. The van der Waals surface area contributed by atoms with Crippen molar-refractivity contribution in [3.05, 3.63) is 23.8 Å². The number of rotatable bonds is 2. The Labute approximate surface area is 79.9 Å². The number of alkyl halides is 1. The smallest absolute Gasteiger partial charge is 0.0761 e. The molecule has 1 rings (SSSR count). The van der Waals surface area contributed by atoms with Crippen molar-refractivity contribution >= 4 is 21.5 Å². The summed E-state index contributed by atoms with van der Waals surface area (Å²) in [7, 11) is -2.14. The van der Waals surface area contributed by atoms with Crippen molar-refractivity contribution in [1.29, 1.82) is 0 Å². The van der Waals surface area contributed by atoms with E-state index in [-0.39, 0.29) is 10.5 Å². The number of thiol groups is 1. The lowest BCUT2D eigenvalue weighted by atomic mass is 10.1. The van der Waals surface area contributed by atoms with Crippen LogP contribution in [0.2, 0.25) is 0 Å². The molecule has 0 aliphatic heterocycles. The molecular weight excluding hydrogens is 192 g/mol. The van der Waals surface area contributed by atoms with E-state index in [1.807, 2.05) is 19.1 Å². The molecule has 1 unspecified atom stereocenters. The van der Waals surface area contributed by atoms with Gasteiger partial charge in [-0.05, 0) is 19.6 Å². The van der Waals surface area contributed by atoms with Gasteiger partial charge < -0.3 is 0 Å². The second-order valence-electron chi connectivity index (χ2n) is 3.40. The molecule has 1 atom stereocenters. The Morgan fingerprint density at radius 3 is 2.83 bits per heavy atom. The molecule has 0 radical (unpaired) electrons. The molecule has 1 aliphatic rings. The maximum atomic E-state index is 11.8. The summed E-state index contributed by atoms with van der Waals surface area (Å²) < 4.78 is 11.8. The molecule has 1 nitrogen and oxygen atoms in total. The van der Waals surface area contributed by atoms with Gasteiger partial charge in [-0.15, -0.1) is 11.6 Å². The Morgan fingerprint density at radius 2 is 2.42 bits per heavy atom. The van der Waals surface area contributed by atoms with Crippen LogP contribution in [0.5, 0.6) is 0 Å². The van der Waals surface area contributed by atoms with Gasteiger partial charge in [0.2, 0.25) is 0 Å². The van der Waals surface area contributed by atoms with Gasteiger partial charge >= 0.3 is 0 Å². The van der Waals surface area contributed by atoms with Gasteiger partial charge in [-0.25, -0.2) is 0 Å². The van der Waals surface area contributed by atoms with Crippen molar-refractivity contribution in [2.75, 3.05) is 11.5 Å². The summed E-state index contributed by atoms with van der Waals surface area (Å²) in [5.41, 5.74) is 1.25. The second-order valence-corrected chi connectivity index (χ2v) is 7.37. The van der Waals surface area contributed by atoms with Crippen LogP contribution >= 0.6 is 11.6 Å². The predicted molar refractivity (Wildman–Crippen MR) is 57.5 cm³/mol. The first kappa shape index (κ1) is 10.0. The van der Waals surface area contributed by atoms with Gasteiger partial charge in [0, 0.05) is 5.25 Å². The number of halogens is 1. The van der Waals surface area contributed by atoms with E-state index in [1.54, 1.807) is 6.26 Å². The average Bonchev–Trinajstić information content (AvgIpc) is 2.05. The van der Waals surface area contributed by atoms with Crippen LogP contribution in [0.4, 0.5) is 0 Å². The van der Waals surface area contributed by atoms with Crippen LogP contribution in [0.15, 0.2) is 23.8 Å². The molecule has 0 aromatic heterocycles. The highest BCUT2D eigenvalue weighted by atomic mass is 35.5. The molecule has 0 aromatic carbocycles. The quantitative estimate of drug-likeness (QED) is 0.541. The highest BCUT2D eigenvalue weighted by Crippen LogP contribution is 2.21. The highest BCUT2D eigenvalue weighted by molar-refractivity contribution is 8.04. The molecule has 12 heavy (non-hydrogen) atoms. The lowest BCUT2D eigenvalue weighted by molar-refractivity contribution is 0.670. The fourth-order valence-electron chi connectivity index (χ4n) is 1.21. The minimum atomic E-state index is -2.14. The standard InChI is InChI=1S/C9H15ClOS/c1-8-3-5-9(6-4-8)12(2,11)7-10/h3-5,9,12H,6-7H2,1-2H3. The van der Waals surface area contributed by atoms with Gasteiger partial charge in [0.25, 0.3) is 0 Å². The Balaban J connectivity index is 2.71. The number of allylic oxidation sites excluding steroid dienone is 3. The van der Waals surface area contributed by atoms with Crippen LogP contribution in [0.25, 0.3) is 0 Å². The summed E-state index contributed by atoms with van der Waals surface area (Å²) in [5, 5.41) is 0.452. The van der Waals surface area contributed by atoms with E-state index in [9.17, 15) is 4.21 Å². The maximum absolute atomic E-state index is 11.8. The fourth-order valence-corrected chi connectivity index (χ4v) is 2.92. The van der Waals surface area contributed by atoms with Crippen LogP contribution in [-0.4, -0.2) is 20.9 Å². The van der Waals surface area contributed by atoms with E-state index in [1.165, 1.54) is 5.57 Å². The van der Waals surface area contributed by atoms with E-state index in [0.29, 0.717) is 0 Å². The van der Waals surface area contributed by atoms with Crippen molar-refractivity contribution in [2.45, 2.75) is 18.6 Å². The van der Waals surface area contributed by atoms with Gasteiger partial charge in [0.15, 0.2) is 0 Å². The van der Waals surface area contributed by atoms with Gasteiger partial charge in [0.1, 0.15) is 0 Å². The molecule has 0 spiro atoms. The van der Waals surface area contributed by atoms with Gasteiger partial charge in [-0.3, -0.25) is 4.21 Å². The van der Waals surface area contributed by atoms with Crippen LogP contribution in [-0.2, 0) is 9.93 Å². The zero-order chi connectivity index (χ0) is 9.19. The minimum absolute atomic E-state index is 0.165. The molecular formula is C9H15ClOS. The zero-order valence-corrected chi connectivity index (χ0v) is 9.11. The largest absolute Gasteiger partial charge is 0.283 e. The summed E-state index contributed by atoms with van der Waals surface area (Å²) in [4.78, 5) is 0. The van der Waals surface area contributed by atoms with Crippen molar-refractivity contribution in [3.8, 4) is 0 Å². The molecule has 0 saturated heterocycles. The Bertz CT molecular complexity index is 268. The van der Waals surface area contributed by atoms with Crippen molar-refractivity contribution in [1.82, 2.24) is 0 Å². The molecule has 0 bridgehead atoms. The van der Waals surface area contributed by atoms with Gasteiger partial charge in [-0.2, -0.15) is 0 Å². The third-order valence-electron chi connectivity index (χ3n) is 2.20. The van der Waals surface area contributed by atoms with E-state index in [2.05, 4.69) is 6.08 Å². The summed E-state index contributed by atoms with van der Waals surface area (Å²) >= 11 is 5.65. The highest BCUT2D eigenvalue weighted by Gasteiger charge is 2.19. The Morgan fingerprint density at radius 1 is 1.75 bits per heavy atom. The fraction of sp³-hybridized carbons (Fsp3) is 0.556. The van der Waals surface area contributed by atoms with E-state index < -0.39 is 9.93 Å².